The van der Waals surface area contributed by atoms with Crippen LogP contribution in [0.2, 0.25) is 0 Å². The van der Waals surface area contributed by atoms with E-state index in [4.69, 9.17) is 4.74 Å². The summed E-state index contributed by atoms with van der Waals surface area (Å²) in [6.07, 6.45) is 1.74. The van der Waals surface area contributed by atoms with Crippen LogP contribution in [-0.2, 0) is 11.3 Å². The Bertz CT molecular complexity index is 1130. The molecule has 0 aliphatic heterocycles. The number of ether oxygens (including phenoxy) is 1. The second-order valence-electron chi connectivity index (χ2n) is 8.10. The molecule has 35 heavy (non-hydrogen) atoms. The number of hydrogen-bond acceptors (Lipinski definition) is 6. The average Bonchev–Trinajstić information content (AvgIpc) is 3.25. The molecular weight excluding hydrogens is 462 g/mol. The highest BCUT2D eigenvalue weighted by atomic mass is 32.2. The van der Waals surface area contributed by atoms with Crippen LogP contribution >= 0.6 is 11.8 Å². The number of hydrogen-bond donors (Lipinski definition) is 2. The number of nitrogens with one attached hydrogen (secondary N) is 2. The lowest BCUT2D eigenvalue weighted by Crippen LogP contribution is -2.33. The Kier molecular flexibility index (Phi) is 9.48. The van der Waals surface area contributed by atoms with Crippen LogP contribution in [0.25, 0.3) is 0 Å². The number of anilines is 1. The summed E-state index contributed by atoms with van der Waals surface area (Å²) in [6, 6.07) is 15.9. The van der Waals surface area contributed by atoms with Crippen LogP contribution in [0.3, 0.4) is 0 Å². The van der Waals surface area contributed by atoms with E-state index in [2.05, 4.69) is 27.4 Å². The predicted molar refractivity (Wildman–Crippen MR) is 139 cm³/mol. The van der Waals surface area contributed by atoms with Gasteiger partial charge in [0.25, 0.3) is 5.91 Å². The van der Waals surface area contributed by atoms with Crippen molar-refractivity contribution in [3.63, 3.8) is 0 Å². The smallest absolute Gasteiger partial charge is 0.251 e. The molecule has 1 aromatic heterocycles. The first-order valence-corrected chi connectivity index (χ1v) is 12.5. The van der Waals surface area contributed by atoms with Gasteiger partial charge in [0, 0.05) is 17.8 Å². The van der Waals surface area contributed by atoms with Crippen molar-refractivity contribution in [1.82, 2.24) is 20.1 Å². The van der Waals surface area contributed by atoms with E-state index in [9.17, 15) is 9.59 Å². The average molecular weight is 494 g/mol. The molecular formula is C26H31N5O3S. The maximum Gasteiger partial charge on any atom is 0.251 e. The van der Waals surface area contributed by atoms with Gasteiger partial charge < -0.3 is 19.9 Å². The molecule has 2 amide bonds. The highest BCUT2D eigenvalue weighted by Gasteiger charge is 2.26. The van der Waals surface area contributed by atoms with Gasteiger partial charge in [0.2, 0.25) is 5.91 Å². The second kappa shape index (κ2) is 12.8. The first-order valence-electron chi connectivity index (χ1n) is 11.5. The molecule has 0 saturated carbocycles. The predicted octanol–water partition coefficient (Wildman–Crippen LogP) is 4.72. The molecule has 8 nitrogen and oxygen atoms in total. The number of allylic oxidation sites excluding steroid dienone is 1. The van der Waals surface area contributed by atoms with Crippen LogP contribution in [0, 0.1) is 5.92 Å². The number of thioether (sulfide) groups is 1. The van der Waals surface area contributed by atoms with Crippen molar-refractivity contribution in [1.29, 1.82) is 0 Å². The second-order valence-corrected chi connectivity index (χ2v) is 9.04. The first kappa shape index (κ1) is 26.0. The molecule has 1 heterocycles. The minimum absolute atomic E-state index is 0.0660. The molecule has 184 valence electrons. The number of amides is 2. The van der Waals surface area contributed by atoms with Crippen molar-refractivity contribution in [2.24, 2.45) is 5.92 Å². The molecule has 0 fully saturated rings. The fourth-order valence-electron chi connectivity index (χ4n) is 3.41. The zero-order valence-corrected chi connectivity index (χ0v) is 21.0. The Morgan fingerprint density at radius 2 is 1.83 bits per heavy atom. The van der Waals surface area contributed by atoms with E-state index in [1.165, 1.54) is 11.8 Å². The van der Waals surface area contributed by atoms with Crippen molar-refractivity contribution >= 4 is 29.3 Å². The molecule has 2 N–H and O–H groups in total. The molecule has 0 spiro atoms. The van der Waals surface area contributed by atoms with Gasteiger partial charge in [-0.3, -0.25) is 9.59 Å². The summed E-state index contributed by atoms with van der Waals surface area (Å²) >= 11 is 1.28. The third-order valence-electron chi connectivity index (χ3n) is 5.11. The summed E-state index contributed by atoms with van der Waals surface area (Å²) < 4.78 is 7.31. The van der Waals surface area contributed by atoms with E-state index in [0.29, 0.717) is 35.4 Å². The molecule has 0 saturated heterocycles. The number of nitrogens with zero attached hydrogens (tertiary/aromatic N) is 3. The van der Waals surface area contributed by atoms with E-state index in [1.54, 1.807) is 30.3 Å². The topological polar surface area (TPSA) is 98.1 Å². The van der Waals surface area contributed by atoms with Crippen LogP contribution in [0.4, 0.5) is 5.69 Å². The van der Waals surface area contributed by atoms with Crippen molar-refractivity contribution in [3.8, 4) is 5.75 Å². The molecule has 9 heteroatoms. The highest BCUT2D eigenvalue weighted by Crippen LogP contribution is 2.26. The Balaban J connectivity index is 1.69. The van der Waals surface area contributed by atoms with Gasteiger partial charge in [-0.2, -0.15) is 0 Å². The molecule has 3 rings (SSSR count). The van der Waals surface area contributed by atoms with Gasteiger partial charge in [-0.05, 0) is 49.2 Å². The minimum atomic E-state index is -0.359. The van der Waals surface area contributed by atoms with Crippen LogP contribution in [0.5, 0.6) is 5.75 Å². The third kappa shape index (κ3) is 7.19. The number of benzene rings is 2. The Morgan fingerprint density at radius 1 is 1.11 bits per heavy atom. The van der Waals surface area contributed by atoms with E-state index < -0.39 is 0 Å². The summed E-state index contributed by atoms with van der Waals surface area (Å²) in [7, 11) is 0. The minimum Gasteiger partial charge on any atom is -0.494 e. The number of rotatable bonds is 12. The fourth-order valence-corrected chi connectivity index (χ4v) is 4.16. The fraction of sp³-hybridized carbons (Fsp3) is 0.308. The summed E-state index contributed by atoms with van der Waals surface area (Å²) in [5.74, 6) is 1.26. The van der Waals surface area contributed by atoms with Crippen molar-refractivity contribution in [2.75, 3.05) is 17.7 Å². The number of aromatic nitrogens is 3. The molecule has 2 aromatic carbocycles. The zero-order valence-electron chi connectivity index (χ0n) is 20.2. The maximum atomic E-state index is 12.8. The normalized spacial score (nSPS) is 11.7. The molecule has 3 aromatic rings. The largest absolute Gasteiger partial charge is 0.494 e. The van der Waals surface area contributed by atoms with Gasteiger partial charge in [-0.15, -0.1) is 16.8 Å². The molecule has 0 bridgehead atoms. The van der Waals surface area contributed by atoms with Gasteiger partial charge in [-0.1, -0.05) is 49.9 Å². The number of carbonyl (C=O) groups excluding carboxylic acids is 2. The summed E-state index contributed by atoms with van der Waals surface area (Å²) in [4.78, 5) is 25.3. The Hall–Kier alpha value is -3.59. The third-order valence-corrected chi connectivity index (χ3v) is 6.07. The summed E-state index contributed by atoms with van der Waals surface area (Å²) in [5.41, 5.74) is 1.27. The van der Waals surface area contributed by atoms with E-state index in [0.717, 1.165) is 5.75 Å². The van der Waals surface area contributed by atoms with Crippen LogP contribution in [-0.4, -0.2) is 38.9 Å². The number of carbonyl (C=O) groups is 2. The first-order chi connectivity index (χ1) is 16.9. The van der Waals surface area contributed by atoms with Crippen LogP contribution in [0.1, 0.15) is 43.0 Å². The lowest BCUT2D eigenvalue weighted by Gasteiger charge is -2.22. The van der Waals surface area contributed by atoms with Gasteiger partial charge >= 0.3 is 0 Å². The highest BCUT2D eigenvalue weighted by molar-refractivity contribution is 7.99. The quantitative estimate of drug-likeness (QED) is 0.280. The van der Waals surface area contributed by atoms with Gasteiger partial charge in [0.05, 0.1) is 18.4 Å². The molecule has 0 aliphatic rings. The SMILES string of the molecule is C=CCn1c(SCC(=O)Nc2ccc(OCC)cc2)nnc1[C@H](NC(=O)c1ccccc1)C(C)C. The molecule has 0 radical (unpaired) electrons. The van der Waals surface area contributed by atoms with Crippen molar-refractivity contribution in [3.05, 3.63) is 78.6 Å². The molecule has 0 aliphatic carbocycles. The van der Waals surface area contributed by atoms with Gasteiger partial charge in [0.1, 0.15) is 5.75 Å². The van der Waals surface area contributed by atoms with E-state index >= 15 is 0 Å². The lowest BCUT2D eigenvalue weighted by atomic mass is 10.0. The van der Waals surface area contributed by atoms with E-state index in [1.807, 2.05) is 55.7 Å². The lowest BCUT2D eigenvalue weighted by molar-refractivity contribution is -0.113. The van der Waals surface area contributed by atoms with Gasteiger partial charge in [-0.25, -0.2) is 0 Å². The monoisotopic (exact) mass is 493 g/mol. The Morgan fingerprint density at radius 3 is 2.46 bits per heavy atom. The summed E-state index contributed by atoms with van der Waals surface area (Å²) in [5, 5.41) is 15.2. The van der Waals surface area contributed by atoms with Crippen molar-refractivity contribution in [2.45, 2.75) is 38.5 Å². The van der Waals surface area contributed by atoms with E-state index in [-0.39, 0.29) is 29.5 Å². The van der Waals surface area contributed by atoms with Crippen LogP contribution in [0.15, 0.2) is 72.4 Å². The Labute approximate surface area is 210 Å². The molecule has 0 unspecified atom stereocenters. The van der Waals surface area contributed by atoms with Crippen molar-refractivity contribution < 1.29 is 14.3 Å². The summed E-state index contributed by atoms with van der Waals surface area (Å²) in [6.45, 7) is 10.8. The maximum absolute atomic E-state index is 12.8. The van der Waals surface area contributed by atoms with Gasteiger partial charge in [0.15, 0.2) is 11.0 Å². The standard InChI is InChI=1S/C26H31N5O3S/c1-5-16-31-24(23(18(3)4)28-25(33)19-10-8-7-9-11-19)29-30-26(31)35-17-22(32)27-20-12-14-21(15-13-20)34-6-2/h5,7-15,18,23H,1,6,16-17H2,2-4H3,(H,27,32)(H,28,33)/t23-/m1/s1. The molecule has 1 atom stereocenters. The van der Waals surface area contributed by atoms with Crippen LogP contribution < -0.4 is 15.4 Å². The zero-order chi connectivity index (χ0) is 25.2.